The summed E-state index contributed by atoms with van der Waals surface area (Å²) < 4.78 is 5.44. The van der Waals surface area contributed by atoms with E-state index in [0.717, 1.165) is 5.56 Å². The van der Waals surface area contributed by atoms with Crippen LogP contribution in [0.1, 0.15) is 29.1 Å². The fourth-order valence-corrected chi connectivity index (χ4v) is 2.23. The van der Waals surface area contributed by atoms with Gasteiger partial charge in [-0.1, -0.05) is 55.5 Å². The summed E-state index contributed by atoms with van der Waals surface area (Å²) in [4.78, 5) is 12.1. The predicted molar refractivity (Wildman–Crippen MR) is 86.9 cm³/mol. The number of amides is 1. The lowest BCUT2D eigenvalue weighted by molar-refractivity contribution is 0.0917. The Labute approximate surface area is 134 Å². The number of carbonyl (C=O) groups excluding carboxylic acids is 1. The SMILES string of the molecule is CC(CNC(=O)c1nnc(-c2ccccc2)o1)c1ccccc1. The molecule has 0 spiro atoms. The summed E-state index contributed by atoms with van der Waals surface area (Å²) in [6.45, 7) is 2.56. The maximum atomic E-state index is 12.1. The molecule has 5 heteroatoms. The number of rotatable bonds is 5. The molecular weight excluding hydrogens is 290 g/mol. The van der Waals surface area contributed by atoms with Crippen LogP contribution in [0.4, 0.5) is 0 Å². The summed E-state index contributed by atoms with van der Waals surface area (Å²) in [5.41, 5.74) is 1.96. The van der Waals surface area contributed by atoms with Gasteiger partial charge in [-0.15, -0.1) is 10.2 Å². The fourth-order valence-electron chi connectivity index (χ4n) is 2.23. The molecule has 116 valence electrons. The number of carbonyl (C=O) groups is 1. The van der Waals surface area contributed by atoms with Crippen molar-refractivity contribution in [2.45, 2.75) is 12.8 Å². The normalized spacial score (nSPS) is 11.9. The van der Waals surface area contributed by atoms with E-state index >= 15 is 0 Å². The molecule has 0 bridgehead atoms. The zero-order chi connectivity index (χ0) is 16.1. The van der Waals surface area contributed by atoms with Crippen LogP contribution in [-0.2, 0) is 0 Å². The molecule has 0 aliphatic heterocycles. The van der Waals surface area contributed by atoms with Gasteiger partial charge in [0.25, 0.3) is 0 Å². The Morgan fingerprint density at radius 3 is 2.39 bits per heavy atom. The van der Waals surface area contributed by atoms with Gasteiger partial charge in [-0.25, -0.2) is 0 Å². The van der Waals surface area contributed by atoms with Gasteiger partial charge in [-0.2, -0.15) is 0 Å². The molecule has 0 aliphatic rings. The smallest absolute Gasteiger partial charge is 0.308 e. The van der Waals surface area contributed by atoms with E-state index in [1.54, 1.807) is 0 Å². The highest BCUT2D eigenvalue weighted by molar-refractivity contribution is 5.89. The van der Waals surface area contributed by atoms with Gasteiger partial charge in [0, 0.05) is 12.1 Å². The van der Waals surface area contributed by atoms with Crippen LogP contribution < -0.4 is 5.32 Å². The van der Waals surface area contributed by atoms with Gasteiger partial charge in [0.15, 0.2) is 0 Å². The van der Waals surface area contributed by atoms with Gasteiger partial charge in [0.2, 0.25) is 5.89 Å². The van der Waals surface area contributed by atoms with Gasteiger partial charge < -0.3 is 9.73 Å². The first-order valence-corrected chi connectivity index (χ1v) is 7.46. The van der Waals surface area contributed by atoms with Gasteiger partial charge in [-0.3, -0.25) is 4.79 Å². The Morgan fingerprint density at radius 2 is 1.70 bits per heavy atom. The first-order valence-electron chi connectivity index (χ1n) is 7.46. The Bertz CT molecular complexity index is 769. The predicted octanol–water partition coefficient (Wildman–Crippen LogP) is 3.27. The van der Waals surface area contributed by atoms with E-state index in [1.807, 2.05) is 60.7 Å². The Kier molecular flexibility index (Phi) is 4.47. The van der Waals surface area contributed by atoms with E-state index in [2.05, 4.69) is 22.4 Å². The minimum absolute atomic E-state index is 0.0240. The lowest BCUT2D eigenvalue weighted by Crippen LogP contribution is -2.27. The molecule has 0 aliphatic carbocycles. The van der Waals surface area contributed by atoms with Crippen LogP contribution in [0.5, 0.6) is 0 Å². The molecule has 1 aromatic heterocycles. The number of nitrogens with one attached hydrogen (secondary N) is 1. The second-order valence-electron chi connectivity index (χ2n) is 5.30. The quantitative estimate of drug-likeness (QED) is 0.785. The van der Waals surface area contributed by atoms with Gasteiger partial charge in [0.1, 0.15) is 0 Å². The zero-order valence-electron chi connectivity index (χ0n) is 12.8. The second-order valence-corrected chi connectivity index (χ2v) is 5.30. The minimum Gasteiger partial charge on any atom is -0.412 e. The number of hydrogen-bond donors (Lipinski definition) is 1. The summed E-state index contributed by atoms with van der Waals surface area (Å²) in [7, 11) is 0. The summed E-state index contributed by atoms with van der Waals surface area (Å²) >= 11 is 0. The number of aromatic nitrogens is 2. The highest BCUT2D eigenvalue weighted by Crippen LogP contribution is 2.17. The maximum absolute atomic E-state index is 12.1. The molecule has 0 saturated carbocycles. The number of benzene rings is 2. The highest BCUT2D eigenvalue weighted by Gasteiger charge is 2.16. The molecule has 1 unspecified atom stereocenters. The molecule has 1 N–H and O–H groups in total. The van der Waals surface area contributed by atoms with Crippen LogP contribution in [-0.4, -0.2) is 22.6 Å². The molecule has 1 atom stereocenters. The molecule has 1 amide bonds. The molecule has 3 rings (SSSR count). The third-order valence-electron chi connectivity index (χ3n) is 3.58. The average molecular weight is 307 g/mol. The Balaban J connectivity index is 1.62. The van der Waals surface area contributed by atoms with Crippen molar-refractivity contribution in [2.75, 3.05) is 6.54 Å². The van der Waals surface area contributed by atoms with Crippen LogP contribution in [0.2, 0.25) is 0 Å². The highest BCUT2D eigenvalue weighted by atomic mass is 16.4. The minimum atomic E-state index is -0.359. The van der Waals surface area contributed by atoms with Crippen LogP contribution >= 0.6 is 0 Å². The van der Waals surface area contributed by atoms with Gasteiger partial charge in [0.05, 0.1) is 0 Å². The summed E-state index contributed by atoms with van der Waals surface area (Å²) in [5.74, 6) is 0.162. The molecule has 3 aromatic rings. The largest absolute Gasteiger partial charge is 0.412 e. The molecule has 0 radical (unpaired) electrons. The third-order valence-corrected chi connectivity index (χ3v) is 3.58. The van der Waals surface area contributed by atoms with Crippen LogP contribution in [0, 0.1) is 0 Å². The monoisotopic (exact) mass is 307 g/mol. The molecule has 2 aromatic carbocycles. The van der Waals surface area contributed by atoms with Crippen molar-refractivity contribution in [1.29, 1.82) is 0 Å². The molecule has 1 heterocycles. The van der Waals surface area contributed by atoms with Crippen molar-refractivity contribution in [2.24, 2.45) is 0 Å². The van der Waals surface area contributed by atoms with Crippen molar-refractivity contribution in [3.8, 4) is 11.5 Å². The number of nitrogens with zero attached hydrogens (tertiary/aromatic N) is 2. The van der Waals surface area contributed by atoms with Crippen molar-refractivity contribution < 1.29 is 9.21 Å². The fraction of sp³-hybridized carbons (Fsp3) is 0.167. The van der Waals surface area contributed by atoms with Crippen LogP contribution in [0.3, 0.4) is 0 Å². The van der Waals surface area contributed by atoms with Crippen LogP contribution in [0.15, 0.2) is 65.1 Å². The summed E-state index contributed by atoms with van der Waals surface area (Å²) in [5, 5.41) is 10.6. The van der Waals surface area contributed by atoms with E-state index in [4.69, 9.17) is 4.42 Å². The lowest BCUT2D eigenvalue weighted by atomic mass is 10.0. The van der Waals surface area contributed by atoms with E-state index in [0.29, 0.717) is 12.4 Å². The molecule has 23 heavy (non-hydrogen) atoms. The van der Waals surface area contributed by atoms with E-state index < -0.39 is 0 Å². The van der Waals surface area contributed by atoms with Gasteiger partial charge in [-0.05, 0) is 23.6 Å². The summed E-state index contributed by atoms with van der Waals surface area (Å²) in [6, 6.07) is 19.4. The standard InChI is InChI=1S/C18H17N3O2/c1-13(14-8-4-2-5-9-14)12-19-16(22)18-21-20-17(23-18)15-10-6-3-7-11-15/h2-11,13H,12H2,1H3,(H,19,22). The van der Waals surface area contributed by atoms with Crippen molar-refractivity contribution in [3.63, 3.8) is 0 Å². The zero-order valence-corrected chi connectivity index (χ0v) is 12.8. The summed E-state index contributed by atoms with van der Waals surface area (Å²) in [6.07, 6.45) is 0. The van der Waals surface area contributed by atoms with Crippen molar-refractivity contribution in [1.82, 2.24) is 15.5 Å². The topological polar surface area (TPSA) is 68.0 Å². The van der Waals surface area contributed by atoms with Gasteiger partial charge >= 0.3 is 11.8 Å². The van der Waals surface area contributed by atoms with Crippen molar-refractivity contribution >= 4 is 5.91 Å². The van der Waals surface area contributed by atoms with Crippen LogP contribution in [0.25, 0.3) is 11.5 Å². The van der Waals surface area contributed by atoms with E-state index in [-0.39, 0.29) is 17.7 Å². The average Bonchev–Trinajstić information content (AvgIpc) is 3.11. The molecule has 0 saturated heterocycles. The second kappa shape index (κ2) is 6.87. The first kappa shape index (κ1) is 15.0. The maximum Gasteiger partial charge on any atom is 0.308 e. The molecule has 0 fully saturated rings. The van der Waals surface area contributed by atoms with Crippen molar-refractivity contribution in [3.05, 3.63) is 72.1 Å². The molecular formula is C18H17N3O2. The number of hydrogen-bond acceptors (Lipinski definition) is 4. The first-order chi connectivity index (χ1) is 11.2. The van der Waals surface area contributed by atoms with E-state index in [9.17, 15) is 4.79 Å². The lowest BCUT2D eigenvalue weighted by Gasteiger charge is -2.11. The molecule has 5 nitrogen and oxygen atoms in total. The Morgan fingerprint density at radius 1 is 1.04 bits per heavy atom. The van der Waals surface area contributed by atoms with E-state index in [1.165, 1.54) is 5.56 Å². The third kappa shape index (κ3) is 3.63. The Hall–Kier alpha value is -2.95.